The van der Waals surface area contributed by atoms with E-state index in [-0.39, 0.29) is 5.41 Å². The highest BCUT2D eigenvalue weighted by atomic mass is 32.2. The first-order valence-corrected chi connectivity index (χ1v) is 8.81. The molecule has 0 unspecified atom stereocenters. The fourth-order valence-electron chi connectivity index (χ4n) is 2.59. The molecular weight excluding hydrogens is 280 g/mol. The van der Waals surface area contributed by atoms with Crippen molar-refractivity contribution in [2.24, 2.45) is 11.1 Å². The monoisotopic (exact) mass is 302 g/mol. The minimum atomic E-state index is -3.36. The molecule has 1 saturated heterocycles. The molecule has 1 fully saturated rings. The van der Waals surface area contributed by atoms with Crippen LogP contribution in [0.5, 0.6) is 0 Å². The maximum atomic E-state index is 12.7. The quantitative estimate of drug-likeness (QED) is 0.932. The van der Waals surface area contributed by atoms with Gasteiger partial charge in [-0.15, -0.1) is 11.3 Å². The lowest BCUT2D eigenvalue weighted by Crippen LogP contribution is -2.43. The van der Waals surface area contributed by atoms with Gasteiger partial charge in [-0.25, -0.2) is 8.42 Å². The number of hydrogen-bond acceptors (Lipinski definition) is 4. The van der Waals surface area contributed by atoms with Gasteiger partial charge in [-0.1, -0.05) is 13.8 Å². The van der Waals surface area contributed by atoms with Crippen molar-refractivity contribution < 1.29 is 8.42 Å². The van der Waals surface area contributed by atoms with Crippen LogP contribution in [0.25, 0.3) is 0 Å². The molecule has 4 nitrogen and oxygen atoms in total. The molecular formula is C13H22N2O2S2. The summed E-state index contributed by atoms with van der Waals surface area (Å²) in [7, 11) is -3.36. The van der Waals surface area contributed by atoms with Crippen LogP contribution < -0.4 is 5.73 Å². The van der Waals surface area contributed by atoms with Gasteiger partial charge in [-0.2, -0.15) is 4.31 Å². The van der Waals surface area contributed by atoms with Crippen molar-refractivity contribution in [3.63, 3.8) is 0 Å². The second-order valence-electron chi connectivity index (χ2n) is 5.94. The van der Waals surface area contributed by atoms with Crippen molar-refractivity contribution >= 4 is 21.4 Å². The molecule has 1 aliphatic heterocycles. The molecule has 1 aliphatic rings. The van der Waals surface area contributed by atoms with E-state index in [4.69, 9.17) is 5.73 Å². The average Bonchev–Trinajstić information content (AvgIpc) is 2.70. The first kappa shape index (κ1) is 15.0. The number of thiophene rings is 1. The summed E-state index contributed by atoms with van der Waals surface area (Å²) in [4.78, 5) is 2.20. The predicted molar refractivity (Wildman–Crippen MR) is 78.7 cm³/mol. The van der Waals surface area contributed by atoms with Gasteiger partial charge in [0.15, 0.2) is 0 Å². The third kappa shape index (κ3) is 3.02. The summed E-state index contributed by atoms with van der Waals surface area (Å²) in [5.41, 5.74) is 5.66. The zero-order valence-corrected chi connectivity index (χ0v) is 13.4. The van der Waals surface area contributed by atoms with Crippen LogP contribution in [-0.2, 0) is 16.6 Å². The Morgan fingerprint density at radius 2 is 2.16 bits per heavy atom. The third-order valence-corrected chi connectivity index (χ3v) is 6.78. The van der Waals surface area contributed by atoms with E-state index in [0.29, 0.717) is 24.5 Å². The highest BCUT2D eigenvalue weighted by molar-refractivity contribution is 7.89. The van der Waals surface area contributed by atoms with Crippen LogP contribution in [0.15, 0.2) is 11.0 Å². The molecule has 0 bridgehead atoms. The Balaban J connectivity index is 2.34. The van der Waals surface area contributed by atoms with Gasteiger partial charge in [0.25, 0.3) is 0 Å². The lowest BCUT2D eigenvalue weighted by atomic mass is 9.85. The number of aryl methyl sites for hydroxylation is 1. The Bertz CT molecular complexity index is 561. The summed E-state index contributed by atoms with van der Waals surface area (Å²) in [6.45, 7) is 7.72. The number of hydrogen-bond donors (Lipinski definition) is 1. The molecule has 2 rings (SSSR count). The van der Waals surface area contributed by atoms with Gasteiger partial charge < -0.3 is 5.73 Å². The average molecular weight is 302 g/mol. The van der Waals surface area contributed by atoms with Crippen LogP contribution in [0.2, 0.25) is 0 Å². The third-order valence-electron chi connectivity index (χ3n) is 3.61. The van der Waals surface area contributed by atoms with Gasteiger partial charge in [0.1, 0.15) is 0 Å². The van der Waals surface area contributed by atoms with E-state index in [1.807, 2.05) is 6.92 Å². The van der Waals surface area contributed by atoms with Crippen molar-refractivity contribution in [2.75, 3.05) is 13.1 Å². The number of nitrogens with two attached hydrogens (primary N) is 1. The molecule has 2 heterocycles. The van der Waals surface area contributed by atoms with Crippen LogP contribution in [0, 0.1) is 12.3 Å². The van der Waals surface area contributed by atoms with Crippen LogP contribution in [0.3, 0.4) is 0 Å². The molecule has 0 saturated carbocycles. The summed E-state index contributed by atoms with van der Waals surface area (Å²) in [6.07, 6.45) is 2.01. The molecule has 0 atom stereocenters. The molecule has 0 radical (unpaired) electrons. The maximum Gasteiger partial charge on any atom is 0.244 e. The Morgan fingerprint density at radius 3 is 2.68 bits per heavy atom. The smallest absolute Gasteiger partial charge is 0.244 e. The molecule has 0 aromatic carbocycles. The lowest BCUT2D eigenvalue weighted by Gasteiger charge is -2.37. The maximum absolute atomic E-state index is 12.7. The normalized spacial score (nSPS) is 20.6. The number of sulfonamides is 1. The second-order valence-corrected chi connectivity index (χ2v) is 9.19. The van der Waals surface area contributed by atoms with Crippen molar-refractivity contribution in [1.29, 1.82) is 0 Å². The molecule has 19 heavy (non-hydrogen) atoms. The number of nitrogens with zero attached hydrogens (tertiary/aromatic N) is 1. The fraction of sp³-hybridized carbons (Fsp3) is 0.692. The standard InChI is InChI=1S/C13H22N2O2S2/c1-10-12(7-11(8-14)18-10)19(16,17)15-6-4-5-13(2,3)9-15/h7H,4-6,8-9,14H2,1-3H3. The highest BCUT2D eigenvalue weighted by Gasteiger charge is 2.35. The van der Waals surface area contributed by atoms with E-state index in [0.717, 1.165) is 22.6 Å². The van der Waals surface area contributed by atoms with Crippen LogP contribution in [-0.4, -0.2) is 25.8 Å². The van der Waals surface area contributed by atoms with E-state index < -0.39 is 10.0 Å². The number of piperidine rings is 1. The highest BCUT2D eigenvalue weighted by Crippen LogP contribution is 2.34. The molecule has 2 N–H and O–H groups in total. The summed E-state index contributed by atoms with van der Waals surface area (Å²) in [5.74, 6) is 0. The summed E-state index contributed by atoms with van der Waals surface area (Å²) in [5, 5.41) is 0. The minimum Gasteiger partial charge on any atom is -0.326 e. The fourth-order valence-corrected chi connectivity index (χ4v) is 5.74. The van der Waals surface area contributed by atoms with E-state index in [2.05, 4.69) is 13.8 Å². The zero-order chi connectivity index (χ0) is 14.3. The summed E-state index contributed by atoms with van der Waals surface area (Å²) >= 11 is 1.47. The molecule has 0 spiro atoms. The van der Waals surface area contributed by atoms with E-state index in [1.165, 1.54) is 11.3 Å². The van der Waals surface area contributed by atoms with Crippen molar-refractivity contribution in [3.05, 3.63) is 15.8 Å². The SMILES string of the molecule is Cc1sc(CN)cc1S(=O)(=O)N1CCCC(C)(C)C1. The van der Waals surface area contributed by atoms with Crippen LogP contribution in [0.4, 0.5) is 0 Å². The van der Waals surface area contributed by atoms with Crippen LogP contribution >= 0.6 is 11.3 Å². The first-order chi connectivity index (χ1) is 8.76. The Kier molecular flexibility index (Phi) is 4.07. The largest absolute Gasteiger partial charge is 0.326 e. The Hall–Kier alpha value is -0.430. The Labute approximate surface area is 119 Å². The van der Waals surface area contributed by atoms with Crippen molar-refractivity contribution in [3.8, 4) is 0 Å². The summed E-state index contributed by atoms with van der Waals surface area (Å²) < 4.78 is 27.1. The molecule has 108 valence electrons. The molecule has 6 heteroatoms. The Morgan fingerprint density at radius 1 is 1.47 bits per heavy atom. The molecule has 0 amide bonds. The van der Waals surface area contributed by atoms with Gasteiger partial charge in [-0.05, 0) is 31.2 Å². The van der Waals surface area contributed by atoms with Gasteiger partial charge in [-0.3, -0.25) is 0 Å². The van der Waals surface area contributed by atoms with E-state index in [9.17, 15) is 8.42 Å². The van der Waals surface area contributed by atoms with Crippen LogP contribution in [0.1, 0.15) is 36.4 Å². The van der Waals surface area contributed by atoms with E-state index in [1.54, 1.807) is 10.4 Å². The second kappa shape index (κ2) is 5.16. The van der Waals surface area contributed by atoms with Gasteiger partial charge in [0.2, 0.25) is 10.0 Å². The molecule has 1 aromatic heterocycles. The van der Waals surface area contributed by atoms with Crippen molar-refractivity contribution in [2.45, 2.75) is 45.1 Å². The predicted octanol–water partition coefficient (Wildman–Crippen LogP) is 2.33. The van der Waals surface area contributed by atoms with E-state index >= 15 is 0 Å². The van der Waals surface area contributed by atoms with Gasteiger partial charge in [0.05, 0.1) is 4.90 Å². The molecule has 0 aliphatic carbocycles. The minimum absolute atomic E-state index is 0.0615. The first-order valence-electron chi connectivity index (χ1n) is 6.56. The van der Waals surface area contributed by atoms with Gasteiger partial charge in [0, 0.05) is 29.4 Å². The number of rotatable bonds is 3. The lowest BCUT2D eigenvalue weighted by molar-refractivity contribution is 0.187. The summed E-state index contributed by atoms with van der Waals surface area (Å²) in [6, 6.07) is 1.73. The van der Waals surface area contributed by atoms with Gasteiger partial charge >= 0.3 is 0 Å². The topological polar surface area (TPSA) is 63.4 Å². The van der Waals surface area contributed by atoms with Crippen molar-refractivity contribution in [1.82, 2.24) is 4.31 Å². The zero-order valence-electron chi connectivity index (χ0n) is 11.8. The molecule has 1 aromatic rings.